The molecule has 78 valence electrons. The Hall–Kier alpha value is -1.84. The van der Waals surface area contributed by atoms with Gasteiger partial charge in [-0.1, -0.05) is 6.07 Å². The Morgan fingerprint density at radius 3 is 2.87 bits per heavy atom. The van der Waals surface area contributed by atoms with E-state index in [1.54, 1.807) is 12.1 Å². The zero-order chi connectivity index (χ0) is 11.0. The summed E-state index contributed by atoms with van der Waals surface area (Å²) < 4.78 is 13.2. The molecule has 0 fully saturated rings. The molecule has 0 spiro atoms. The van der Waals surface area contributed by atoms with Gasteiger partial charge in [-0.3, -0.25) is 0 Å². The Morgan fingerprint density at radius 2 is 2.27 bits per heavy atom. The van der Waals surface area contributed by atoms with Crippen LogP contribution in [0.5, 0.6) is 0 Å². The van der Waals surface area contributed by atoms with Crippen molar-refractivity contribution in [2.75, 3.05) is 0 Å². The third-order valence-corrected chi connectivity index (χ3v) is 2.40. The lowest BCUT2D eigenvalue weighted by Crippen LogP contribution is -1.98. The second kappa shape index (κ2) is 3.38. The number of rotatable bonds is 2. The van der Waals surface area contributed by atoms with Gasteiger partial charge in [0.2, 0.25) is 0 Å². The van der Waals surface area contributed by atoms with Gasteiger partial charge in [0.15, 0.2) is 0 Å². The van der Waals surface area contributed by atoms with Crippen molar-refractivity contribution in [3.63, 3.8) is 0 Å². The summed E-state index contributed by atoms with van der Waals surface area (Å²) in [6.07, 6.45) is 0.334. The number of carboxylic acids is 1. The third-order valence-electron chi connectivity index (χ3n) is 2.40. The highest BCUT2D eigenvalue weighted by Crippen LogP contribution is 2.29. The summed E-state index contributed by atoms with van der Waals surface area (Å²) in [6, 6.07) is 4.84. The van der Waals surface area contributed by atoms with Crippen LogP contribution in [-0.4, -0.2) is 16.1 Å². The normalized spacial score (nSPS) is 12.9. The number of fused-ring (bicyclic) bond motifs is 1. The van der Waals surface area contributed by atoms with Gasteiger partial charge in [-0.2, -0.15) is 0 Å². The minimum atomic E-state index is -1.18. The van der Waals surface area contributed by atoms with Crippen LogP contribution < -0.4 is 0 Å². The van der Waals surface area contributed by atoms with Gasteiger partial charge in [-0.05, 0) is 19.1 Å². The molecule has 0 radical (unpaired) electrons. The van der Waals surface area contributed by atoms with E-state index in [2.05, 4.69) is 4.98 Å². The largest absolute Gasteiger partial charge is 0.478 e. The molecule has 0 saturated heterocycles. The Labute approximate surface area is 85.5 Å². The van der Waals surface area contributed by atoms with Crippen LogP contribution in [0.25, 0.3) is 10.9 Å². The minimum absolute atomic E-state index is 0.133. The first-order valence-electron chi connectivity index (χ1n) is 4.58. The van der Waals surface area contributed by atoms with Crippen molar-refractivity contribution in [3.05, 3.63) is 35.5 Å². The van der Waals surface area contributed by atoms with Gasteiger partial charge in [-0.25, -0.2) is 9.18 Å². The van der Waals surface area contributed by atoms with Gasteiger partial charge in [0, 0.05) is 22.7 Å². The molecule has 2 N–H and O–H groups in total. The SMILES string of the molecule is CC(F)c1c[nH]c2cccc(C(=O)O)c12. The molecule has 0 saturated carbocycles. The van der Waals surface area contributed by atoms with Crippen molar-refractivity contribution in [1.82, 2.24) is 4.98 Å². The molecule has 4 heteroatoms. The van der Waals surface area contributed by atoms with Crippen molar-refractivity contribution in [2.24, 2.45) is 0 Å². The number of hydrogen-bond acceptors (Lipinski definition) is 1. The molecule has 15 heavy (non-hydrogen) atoms. The summed E-state index contributed by atoms with van der Waals surface area (Å²) in [5.41, 5.74) is 1.17. The Bertz CT molecular complexity index is 516. The number of aromatic nitrogens is 1. The van der Waals surface area contributed by atoms with Crippen molar-refractivity contribution in [3.8, 4) is 0 Å². The molecule has 0 bridgehead atoms. The third kappa shape index (κ3) is 1.48. The number of nitrogens with one attached hydrogen (secondary N) is 1. The standard InChI is InChI=1S/C11H10FNO2/c1-6(12)8-5-13-9-4-2-3-7(10(8)9)11(14)15/h2-6,13H,1H3,(H,14,15). The average Bonchev–Trinajstić information content (AvgIpc) is 2.60. The van der Waals surface area contributed by atoms with Gasteiger partial charge in [0.05, 0.1) is 5.56 Å². The lowest BCUT2D eigenvalue weighted by Gasteiger charge is -2.02. The van der Waals surface area contributed by atoms with E-state index in [4.69, 9.17) is 5.11 Å². The maximum atomic E-state index is 13.2. The van der Waals surface area contributed by atoms with Crippen LogP contribution in [0.4, 0.5) is 4.39 Å². The number of aromatic carboxylic acids is 1. The van der Waals surface area contributed by atoms with E-state index in [9.17, 15) is 9.18 Å². The van der Waals surface area contributed by atoms with Crippen molar-refractivity contribution >= 4 is 16.9 Å². The first-order chi connectivity index (χ1) is 7.11. The molecule has 0 aliphatic heterocycles. The Balaban J connectivity index is 2.80. The zero-order valence-corrected chi connectivity index (χ0v) is 8.12. The molecule has 0 amide bonds. The monoisotopic (exact) mass is 207 g/mol. The van der Waals surface area contributed by atoms with Crippen molar-refractivity contribution in [1.29, 1.82) is 0 Å². The van der Waals surface area contributed by atoms with Crippen LogP contribution in [0, 0.1) is 0 Å². The number of aromatic amines is 1. The summed E-state index contributed by atoms with van der Waals surface area (Å²) in [5, 5.41) is 9.43. The predicted molar refractivity (Wildman–Crippen MR) is 54.8 cm³/mol. The van der Waals surface area contributed by atoms with E-state index in [1.165, 1.54) is 19.2 Å². The van der Waals surface area contributed by atoms with Crippen molar-refractivity contribution < 1.29 is 14.3 Å². The number of H-pyrrole nitrogens is 1. The fourth-order valence-corrected chi connectivity index (χ4v) is 1.70. The van der Waals surface area contributed by atoms with Crippen LogP contribution in [-0.2, 0) is 0 Å². The van der Waals surface area contributed by atoms with E-state index in [0.29, 0.717) is 16.5 Å². The van der Waals surface area contributed by atoms with Gasteiger partial charge in [-0.15, -0.1) is 0 Å². The van der Waals surface area contributed by atoms with E-state index in [1.807, 2.05) is 0 Å². The first kappa shape index (κ1) is 9.71. The molecule has 1 heterocycles. The summed E-state index contributed by atoms with van der Waals surface area (Å²) in [6.45, 7) is 1.39. The molecular weight excluding hydrogens is 197 g/mol. The molecule has 3 nitrogen and oxygen atoms in total. The lowest BCUT2D eigenvalue weighted by molar-refractivity contribution is 0.0699. The topological polar surface area (TPSA) is 53.1 Å². The smallest absolute Gasteiger partial charge is 0.336 e. The van der Waals surface area contributed by atoms with Gasteiger partial charge >= 0.3 is 5.97 Å². The summed E-state index contributed by atoms with van der Waals surface area (Å²) in [5.74, 6) is -1.04. The second-order valence-corrected chi connectivity index (χ2v) is 3.39. The molecule has 0 aliphatic rings. The van der Waals surface area contributed by atoms with Gasteiger partial charge < -0.3 is 10.1 Å². The number of halogens is 1. The minimum Gasteiger partial charge on any atom is -0.478 e. The molecule has 1 aromatic heterocycles. The van der Waals surface area contributed by atoms with E-state index < -0.39 is 12.1 Å². The van der Waals surface area contributed by atoms with E-state index in [0.717, 1.165) is 0 Å². The maximum Gasteiger partial charge on any atom is 0.336 e. The van der Waals surface area contributed by atoms with Gasteiger partial charge in [0.25, 0.3) is 0 Å². The molecule has 1 unspecified atom stereocenters. The molecule has 2 rings (SSSR count). The quantitative estimate of drug-likeness (QED) is 0.795. The lowest BCUT2D eigenvalue weighted by atomic mass is 10.0. The molecule has 1 atom stereocenters. The first-order valence-corrected chi connectivity index (χ1v) is 4.58. The number of carboxylic acid groups (broad SMARTS) is 1. The predicted octanol–water partition coefficient (Wildman–Crippen LogP) is 2.90. The average molecular weight is 207 g/mol. The summed E-state index contributed by atoms with van der Waals surface area (Å²) in [7, 11) is 0. The van der Waals surface area contributed by atoms with E-state index in [-0.39, 0.29) is 5.56 Å². The van der Waals surface area contributed by atoms with Crippen molar-refractivity contribution in [2.45, 2.75) is 13.1 Å². The fraction of sp³-hybridized carbons (Fsp3) is 0.182. The number of carbonyl (C=O) groups is 1. The van der Waals surface area contributed by atoms with Crippen LogP contribution in [0.15, 0.2) is 24.4 Å². The highest BCUT2D eigenvalue weighted by atomic mass is 19.1. The fourth-order valence-electron chi connectivity index (χ4n) is 1.70. The second-order valence-electron chi connectivity index (χ2n) is 3.39. The Kier molecular flexibility index (Phi) is 2.19. The molecule has 2 aromatic rings. The molecule has 1 aromatic carbocycles. The van der Waals surface area contributed by atoms with Crippen LogP contribution in [0.1, 0.15) is 29.0 Å². The molecule has 0 aliphatic carbocycles. The summed E-state index contributed by atoms with van der Waals surface area (Å²) >= 11 is 0. The maximum absolute atomic E-state index is 13.2. The van der Waals surface area contributed by atoms with E-state index >= 15 is 0 Å². The number of hydrogen-bond donors (Lipinski definition) is 2. The summed E-state index contributed by atoms with van der Waals surface area (Å²) in [4.78, 5) is 13.8. The number of benzene rings is 1. The highest BCUT2D eigenvalue weighted by Gasteiger charge is 2.16. The zero-order valence-electron chi connectivity index (χ0n) is 8.12. The molecular formula is C11H10FNO2. The van der Waals surface area contributed by atoms with Crippen LogP contribution in [0.2, 0.25) is 0 Å². The highest BCUT2D eigenvalue weighted by molar-refractivity contribution is 6.04. The van der Waals surface area contributed by atoms with Crippen LogP contribution in [0.3, 0.4) is 0 Å². The van der Waals surface area contributed by atoms with Gasteiger partial charge in [0.1, 0.15) is 6.17 Å². The van der Waals surface area contributed by atoms with Crippen LogP contribution >= 0.6 is 0 Å². The number of alkyl halides is 1. The Morgan fingerprint density at radius 1 is 1.53 bits per heavy atom.